The van der Waals surface area contributed by atoms with E-state index in [4.69, 9.17) is 0 Å². The lowest BCUT2D eigenvalue weighted by Gasteiger charge is -2.13. The second-order valence-corrected chi connectivity index (χ2v) is 4.22. The van der Waals surface area contributed by atoms with Crippen LogP contribution in [0.15, 0.2) is 36.7 Å². The average molecular weight is 231 g/mol. The molecule has 2 N–H and O–H groups in total. The highest BCUT2D eigenvalue weighted by Gasteiger charge is 2.05. The fourth-order valence-electron chi connectivity index (χ4n) is 1.71. The van der Waals surface area contributed by atoms with Crippen molar-refractivity contribution in [2.24, 2.45) is 7.05 Å². The van der Waals surface area contributed by atoms with Gasteiger partial charge in [0, 0.05) is 31.4 Å². The number of aromatic nitrogens is 2. The molecular weight excluding hydrogens is 214 g/mol. The van der Waals surface area contributed by atoms with Gasteiger partial charge in [-0.3, -0.25) is 4.68 Å². The molecule has 17 heavy (non-hydrogen) atoms. The number of phenols is 1. The summed E-state index contributed by atoms with van der Waals surface area (Å²) in [5.41, 5.74) is 2.32. The summed E-state index contributed by atoms with van der Waals surface area (Å²) in [6, 6.07) is 7.51. The summed E-state index contributed by atoms with van der Waals surface area (Å²) in [4.78, 5) is 0. The molecule has 4 nitrogen and oxygen atoms in total. The van der Waals surface area contributed by atoms with E-state index < -0.39 is 0 Å². The first-order valence-corrected chi connectivity index (χ1v) is 5.65. The Morgan fingerprint density at radius 3 is 2.65 bits per heavy atom. The van der Waals surface area contributed by atoms with Gasteiger partial charge in [-0.25, -0.2) is 0 Å². The number of rotatable bonds is 4. The summed E-state index contributed by atoms with van der Waals surface area (Å²) < 4.78 is 1.79. The maximum atomic E-state index is 9.22. The summed E-state index contributed by atoms with van der Waals surface area (Å²) in [5.74, 6) is 0.299. The van der Waals surface area contributed by atoms with E-state index in [0.717, 1.165) is 17.7 Å². The standard InChI is InChI=1S/C13H17N3O/c1-10(12-3-5-13(17)6-4-12)14-7-11-8-15-16(2)9-11/h3-6,8-10,14,17H,7H2,1-2H3. The molecule has 1 atom stereocenters. The minimum Gasteiger partial charge on any atom is -0.508 e. The van der Waals surface area contributed by atoms with Crippen LogP contribution in [0.4, 0.5) is 0 Å². The van der Waals surface area contributed by atoms with E-state index in [-0.39, 0.29) is 6.04 Å². The van der Waals surface area contributed by atoms with Crippen LogP contribution in [-0.4, -0.2) is 14.9 Å². The number of hydrogen-bond donors (Lipinski definition) is 2. The second kappa shape index (κ2) is 5.01. The van der Waals surface area contributed by atoms with Gasteiger partial charge in [0.15, 0.2) is 0 Å². The van der Waals surface area contributed by atoms with Crippen LogP contribution in [-0.2, 0) is 13.6 Å². The highest BCUT2D eigenvalue weighted by atomic mass is 16.3. The zero-order valence-electron chi connectivity index (χ0n) is 10.1. The topological polar surface area (TPSA) is 50.1 Å². The Bertz CT molecular complexity index is 476. The highest BCUT2D eigenvalue weighted by Crippen LogP contribution is 2.16. The summed E-state index contributed by atoms with van der Waals surface area (Å²) >= 11 is 0. The van der Waals surface area contributed by atoms with Gasteiger partial charge in [-0.2, -0.15) is 5.10 Å². The van der Waals surface area contributed by atoms with Gasteiger partial charge in [0.05, 0.1) is 6.20 Å². The summed E-state index contributed by atoms with van der Waals surface area (Å²) in [5, 5.41) is 16.8. The smallest absolute Gasteiger partial charge is 0.115 e. The molecule has 0 radical (unpaired) electrons. The van der Waals surface area contributed by atoms with Gasteiger partial charge >= 0.3 is 0 Å². The van der Waals surface area contributed by atoms with Crippen LogP contribution in [0, 0.1) is 0 Å². The largest absolute Gasteiger partial charge is 0.508 e. The Balaban J connectivity index is 1.93. The molecule has 0 saturated heterocycles. The normalized spacial score (nSPS) is 12.6. The van der Waals surface area contributed by atoms with Crippen molar-refractivity contribution in [2.45, 2.75) is 19.5 Å². The Kier molecular flexibility index (Phi) is 3.44. The van der Waals surface area contributed by atoms with Gasteiger partial charge in [-0.15, -0.1) is 0 Å². The summed E-state index contributed by atoms with van der Waals surface area (Å²) in [6.07, 6.45) is 3.85. The van der Waals surface area contributed by atoms with E-state index in [1.54, 1.807) is 16.8 Å². The molecular formula is C13H17N3O. The minimum atomic E-state index is 0.246. The summed E-state index contributed by atoms with van der Waals surface area (Å²) in [6.45, 7) is 2.89. The fraction of sp³-hybridized carbons (Fsp3) is 0.308. The lowest BCUT2D eigenvalue weighted by Crippen LogP contribution is -2.17. The zero-order chi connectivity index (χ0) is 12.3. The molecule has 2 aromatic rings. The van der Waals surface area contributed by atoms with Gasteiger partial charge < -0.3 is 10.4 Å². The molecule has 90 valence electrons. The van der Waals surface area contributed by atoms with Crippen molar-refractivity contribution < 1.29 is 5.11 Å². The first-order valence-electron chi connectivity index (χ1n) is 5.65. The monoisotopic (exact) mass is 231 g/mol. The van der Waals surface area contributed by atoms with E-state index >= 15 is 0 Å². The van der Waals surface area contributed by atoms with Gasteiger partial charge in [0.1, 0.15) is 5.75 Å². The van der Waals surface area contributed by atoms with E-state index in [9.17, 15) is 5.11 Å². The third-order valence-corrected chi connectivity index (χ3v) is 2.76. The van der Waals surface area contributed by atoms with Gasteiger partial charge in [0.2, 0.25) is 0 Å². The molecule has 0 bridgehead atoms. The number of nitrogens with one attached hydrogen (secondary N) is 1. The van der Waals surface area contributed by atoms with Crippen LogP contribution in [0.25, 0.3) is 0 Å². The van der Waals surface area contributed by atoms with Crippen molar-refractivity contribution in [1.29, 1.82) is 0 Å². The summed E-state index contributed by atoms with van der Waals surface area (Å²) in [7, 11) is 1.91. The van der Waals surface area contributed by atoms with Crippen molar-refractivity contribution in [3.05, 3.63) is 47.8 Å². The number of hydrogen-bond acceptors (Lipinski definition) is 3. The molecule has 0 aliphatic rings. The minimum absolute atomic E-state index is 0.246. The predicted molar refractivity (Wildman–Crippen MR) is 66.6 cm³/mol. The zero-order valence-corrected chi connectivity index (χ0v) is 10.1. The number of aryl methyl sites for hydroxylation is 1. The quantitative estimate of drug-likeness (QED) is 0.846. The fourth-order valence-corrected chi connectivity index (χ4v) is 1.71. The lowest BCUT2D eigenvalue weighted by molar-refractivity contribution is 0.474. The number of phenolic OH excluding ortho intramolecular Hbond substituents is 1. The molecule has 1 aromatic heterocycles. The Morgan fingerprint density at radius 1 is 1.35 bits per heavy atom. The maximum absolute atomic E-state index is 9.22. The predicted octanol–water partition coefficient (Wildman–Crippen LogP) is 1.98. The molecule has 0 amide bonds. The van der Waals surface area contributed by atoms with E-state index in [2.05, 4.69) is 17.3 Å². The number of nitrogens with zero attached hydrogens (tertiary/aromatic N) is 2. The highest BCUT2D eigenvalue weighted by molar-refractivity contribution is 5.27. The van der Waals surface area contributed by atoms with Crippen molar-refractivity contribution in [3.8, 4) is 5.75 Å². The van der Waals surface area contributed by atoms with E-state index in [1.165, 1.54) is 0 Å². The Morgan fingerprint density at radius 2 is 2.06 bits per heavy atom. The Labute approximate surface area is 101 Å². The van der Waals surface area contributed by atoms with Crippen LogP contribution >= 0.6 is 0 Å². The molecule has 1 heterocycles. The van der Waals surface area contributed by atoms with Crippen LogP contribution in [0.2, 0.25) is 0 Å². The van der Waals surface area contributed by atoms with Crippen molar-refractivity contribution in [3.63, 3.8) is 0 Å². The van der Waals surface area contributed by atoms with Crippen LogP contribution in [0.5, 0.6) is 5.75 Å². The molecule has 0 aliphatic carbocycles. The molecule has 0 fully saturated rings. The van der Waals surface area contributed by atoms with Crippen molar-refractivity contribution in [2.75, 3.05) is 0 Å². The molecule has 4 heteroatoms. The van der Waals surface area contributed by atoms with Crippen LogP contribution in [0.3, 0.4) is 0 Å². The van der Waals surface area contributed by atoms with E-state index in [0.29, 0.717) is 5.75 Å². The third kappa shape index (κ3) is 3.07. The number of benzene rings is 1. The van der Waals surface area contributed by atoms with Crippen LogP contribution < -0.4 is 5.32 Å². The number of aromatic hydroxyl groups is 1. The Hall–Kier alpha value is -1.81. The van der Waals surface area contributed by atoms with Crippen molar-refractivity contribution in [1.82, 2.24) is 15.1 Å². The molecule has 2 rings (SSSR count). The molecule has 1 aromatic carbocycles. The van der Waals surface area contributed by atoms with Gasteiger partial charge in [-0.1, -0.05) is 12.1 Å². The van der Waals surface area contributed by atoms with Crippen LogP contribution in [0.1, 0.15) is 24.1 Å². The van der Waals surface area contributed by atoms with Crippen molar-refractivity contribution >= 4 is 0 Å². The SMILES string of the molecule is CC(NCc1cnn(C)c1)c1ccc(O)cc1. The third-order valence-electron chi connectivity index (χ3n) is 2.76. The maximum Gasteiger partial charge on any atom is 0.115 e. The molecule has 0 spiro atoms. The van der Waals surface area contributed by atoms with Gasteiger partial charge in [0.25, 0.3) is 0 Å². The molecule has 1 unspecified atom stereocenters. The lowest BCUT2D eigenvalue weighted by atomic mass is 10.1. The molecule has 0 aliphatic heterocycles. The van der Waals surface area contributed by atoms with E-state index in [1.807, 2.05) is 31.6 Å². The first kappa shape index (κ1) is 11.7. The second-order valence-electron chi connectivity index (χ2n) is 4.22. The van der Waals surface area contributed by atoms with Gasteiger partial charge in [-0.05, 0) is 24.6 Å². The first-order chi connectivity index (χ1) is 8.15. The molecule has 0 saturated carbocycles. The average Bonchev–Trinajstić information content (AvgIpc) is 2.73.